The SMILES string of the molecule is COCCN(CC(C)C)C(=O)c1cnccc1Cl. The van der Waals surface area contributed by atoms with Crippen LogP contribution in [0.25, 0.3) is 0 Å². The molecule has 0 saturated carbocycles. The van der Waals surface area contributed by atoms with Gasteiger partial charge < -0.3 is 9.64 Å². The Bertz CT molecular complexity index is 396. The molecule has 0 unspecified atom stereocenters. The third-order valence-corrected chi connectivity index (χ3v) is 2.77. The van der Waals surface area contributed by atoms with Crippen molar-refractivity contribution in [3.8, 4) is 0 Å². The van der Waals surface area contributed by atoms with E-state index < -0.39 is 0 Å². The molecule has 0 atom stereocenters. The molecule has 0 aromatic carbocycles. The zero-order valence-corrected chi connectivity index (χ0v) is 11.8. The van der Waals surface area contributed by atoms with Crippen LogP contribution in [0.1, 0.15) is 24.2 Å². The first-order chi connectivity index (χ1) is 8.56. The molecule has 0 aliphatic heterocycles. The van der Waals surface area contributed by atoms with E-state index in [1.54, 1.807) is 24.3 Å². The second-order valence-corrected chi connectivity index (χ2v) is 4.90. The standard InChI is InChI=1S/C13H19ClN2O2/c1-10(2)9-16(6-7-18-3)13(17)11-8-15-5-4-12(11)14/h4-5,8,10H,6-7,9H2,1-3H3. The van der Waals surface area contributed by atoms with Crippen LogP contribution in [0.4, 0.5) is 0 Å². The van der Waals surface area contributed by atoms with Gasteiger partial charge in [-0.3, -0.25) is 9.78 Å². The molecule has 0 N–H and O–H groups in total. The van der Waals surface area contributed by atoms with Gasteiger partial charge in [-0.15, -0.1) is 0 Å². The second kappa shape index (κ2) is 7.34. The molecule has 5 heteroatoms. The third kappa shape index (κ3) is 4.27. The molecule has 1 aromatic heterocycles. The molecule has 4 nitrogen and oxygen atoms in total. The molecule has 0 bridgehead atoms. The van der Waals surface area contributed by atoms with Gasteiger partial charge in [-0.1, -0.05) is 25.4 Å². The quantitative estimate of drug-likeness (QED) is 0.798. The molecule has 0 saturated heterocycles. The van der Waals surface area contributed by atoms with E-state index in [0.717, 1.165) is 0 Å². The number of pyridine rings is 1. The van der Waals surface area contributed by atoms with Gasteiger partial charge in [-0.2, -0.15) is 0 Å². The Morgan fingerprint density at radius 1 is 1.56 bits per heavy atom. The monoisotopic (exact) mass is 270 g/mol. The van der Waals surface area contributed by atoms with Crippen molar-refractivity contribution in [3.63, 3.8) is 0 Å². The van der Waals surface area contributed by atoms with Crippen LogP contribution in [0.3, 0.4) is 0 Å². The Morgan fingerprint density at radius 3 is 2.83 bits per heavy atom. The summed E-state index contributed by atoms with van der Waals surface area (Å²) >= 11 is 6.02. The van der Waals surface area contributed by atoms with E-state index in [2.05, 4.69) is 18.8 Å². The number of hydrogen-bond acceptors (Lipinski definition) is 3. The number of halogens is 1. The molecule has 0 aliphatic rings. The van der Waals surface area contributed by atoms with Crippen molar-refractivity contribution >= 4 is 17.5 Å². The van der Waals surface area contributed by atoms with Gasteiger partial charge in [0.15, 0.2) is 0 Å². The molecule has 0 spiro atoms. The Labute approximate surface area is 113 Å². The summed E-state index contributed by atoms with van der Waals surface area (Å²) in [5, 5.41) is 0.432. The fourth-order valence-electron chi connectivity index (χ4n) is 1.62. The highest BCUT2D eigenvalue weighted by molar-refractivity contribution is 6.33. The molecule has 0 fully saturated rings. The van der Waals surface area contributed by atoms with Crippen LogP contribution < -0.4 is 0 Å². The van der Waals surface area contributed by atoms with E-state index in [0.29, 0.717) is 36.2 Å². The Morgan fingerprint density at radius 2 is 2.28 bits per heavy atom. The lowest BCUT2D eigenvalue weighted by Gasteiger charge is -2.24. The predicted octanol–water partition coefficient (Wildman–Crippen LogP) is 2.48. The summed E-state index contributed by atoms with van der Waals surface area (Å²) in [6.07, 6.45) is 3.08. The number of ether oxygens (including phenoxy) is 1. The first-order valence-electron chi connectivity index (χ1n) is 5.94. The number of nitrogens with zero attached hydrogens (tertiary/aromatic N) is 2. The van der Waals surface area contributed by atoms with Crippen LogP contribution in [-0.2, 0) is 4.74 Å². The van der Waals surface area contributed by atoms with Crippen LogP contribution in [0, 0.1) is 5.92 Å². The van der Waals surface area contributed by atoms with Gasteiger partial charge in [-0.05, 0) is 12.0 Å². The van der Waals surface area contributed by atoms with Crippen LogP contribution >= 0.6 is 11.6 Å². The minimum atomic E-state index is -0.0983. The van der Waals surface area contributed by atoms with E-state index in [9.17, 15) is 4.79 Å². The van der Waals surface area contributed by atoms with Crippen LogP contribution in [0.2, 0.25) is 5.02 Å². The van der Waals surface area contributed by atoms with E-state index >= 15 is 0 Å². The first-order valence-corrected chi connectivity index (χ1v) is 6.31. The Hall–Kier alpha value is -1.13. The summed E-state index contributed by atoms with van der Waals surface area (Å²) in [7, 11) is 1.62. The summed E-state index contributed by atoms with van der Waals surface area (Å²) in [6.45, 7) is 5.87. The maximum absolute atomic E-state index is 12.4. The summed E-state index contributed by atoms with van der Waals surface area (Å²) in [5.41, 5.74) is 0.441. The van der Waals surface area contributed by atoms with Gasteiger partial charge in [0.05, 0.1) is 17.2 Å². The molecule has 0 radical (unpaired) electrons. The van der Waals surface area contributed by atoms with Gasteiger partial charge >= 0.3 is 0 Å². The average Bonchev–Trinajstić information content (AvgIpc) is 2.34. The van der Waals surface area contributed by atoms with Crippen molar-refractivity contribution in [2.24, 2.45) is 5.92 Å². The molecule has 1 aromatic rings. The Balaban J connectivity index is 2.84. The lowest BCUT2D eigenvalue weighted by atomic mass is 10.1. The number of rotatable bonds is 6. The van der Waals surface area contributed by atoms with E-state index in [1.807, 2.05) is 0 Å². The number of amides is 1. The third-order valence-electron chi connectivity index (χ3n) is 2.44. The topological polar surface area (TPSA) is 42.4 Å². The van der Waals surface area contributed by atoms with Crippen molar-refractivity contribution in [3.05, 3.63) is 29.0 Å². The van der Waals surface area contributed by atoms with Crippen molar-refractivity contribution in [2.45, 2.75) is 13.8 Å². The van der Waals surface area contributed by atoms with E-state index in [1.165, 1.54) is 6.20 Å². The van der Waals surface area contributed by atoms with Gasteiger partial charge in [-0.25, -0.2) is 0 Å². The van der Waals surface area contributed by atoms with Crippen LogP contribution in [-0.4, -0.2) is 42.6 Å². The lowest BCUT2D eigenvalue weighted by molar-refractivity contribution is 0.0672. The van der Waals surface area contributed by atoms with Crippen molar-refractivity contribution in [2.75, 3.05) is 26.8 Å². The lowest BCUT2D eigenvalue weighted by Crippen LogP contribution is -2.36. The molecule has 1 amide bonds. The number of hydrogen-bond donors (Lipinski definition) is 0. The highest BCUT2D eigenvalue weighted by Crippen LogP contribution is 2.16. The molecule has 18 heavy (non-hydrogen) atoms. The number of methoxy groups -OCH3 is 1. The summed E-state index contributed by atoms with van der Waals surface area (Å²) in [5.74, 6) is 0.292. The summed E-state index contributed by atoms with van der Waals surface area (Å²) in [6, 6.07) is 1.62. The first kappa shape index (κ1) is 14.9. The number of carbonyl (C=O) groups excluding carboxylic acids is 1. The fourth-order valence-corrected chi connectivity index (χ4v) is 1.81. The van der Waals surface area contributed by atoms with Gasteiger partial charge in [0.2, 0.25) is 0 Å². The minimum absolute atomic E-state index is 0.0983. The summed E-state index contributed by atoms with van der Waals surface area (Å²) in [4.78, 5) is 18.0. The second-order valence-electron chi connectivity index (χ2n) is 4.49. The van der Waals surface area contributed by atoms with Gasteiger partial charge in [0.25, 0.3) is 5.91 Å². The molecule has 1 heterocycles. The maximum atomic E-state index is 12.4. The zero-order chi connectivity index (χ0) is 13.5. The normalized spacial score (nSPS) is 10.7. The largest absolute Gasteiger partial charge is 0.383 e. The summed E-state index contributed by atoms with van der Waals surface area (Å²) < 4.78 is 5.03. The van der Waals surface area contributed by atoms with Crippen LogP contribution in [0.15, 0.2) is 18.5 Å². The minimum Gasteiger partial charge on any atom is -0.383 e. The zero-order valence-electron chi connectivity index (χ0n) is 11.0. The molecular weight excluding hydrogens is 252 g/mol. The number of aromatic nitrogens is 1. The van der Waals surface area contributed by atoms with Gasteiger partial charge in [0.1, 0.15) is 0 Å². The molecule has 1 rings (SSSR count). The molecule has 100 valence electrons. The predicted molar refractivity (Wildman–Crippen MR) is 71.9 cm³/mol. The highest BCUT2D eigenvalue weighted by Gasteiger charge is 2.19. The Kier molecular flexibility index (Phi) is 6.09. The van der Waals surface area contributed by atoms with E-state index in [4.69, 9.17) is 16.3 Å². The van der Waals surface area contributed by atoms with Crippen molar-refractivity contribution < 1.29 is 9.53 Å². The fraction of sp³-hybridized carbons (Fsp3) is 0.538. The maximum Gasteiger partial charge on any atom is 0.257 e. The average molecular weight is 271 g/mol. The molecular formula is C13H19ClN2O2. The van der Waals surface area contributed by atoms with Crippen molar-refractivity contribution in [1.29, 1.82) is 0 Å². The smallest absolute Gasteiger partial charge is 0.257 e. The van der Waals surface area contributed by atoms with Gasteiger partial charge in [0, 0.05) is 32.6 Å². The van der Waals surface area contributed by atoms with Crippen LogP contribution in [0.5, 0.6) is 0 Å². The highest BCUT2D eigenvalue weighted by atomic mass is 35.5. The van der Waals surface area contributed by atoms with Crippen molar-refractivity contribution in [1.82, 2.24) is 9.88 Å². The van der Waals surface area contributed by atoms with E-state index in [-0.39, 0.29) is 5.91 Å². The number of carbonyl (C=O) groups is 1. The molecule has 0 aliphatic carbocycles.